The second kappa shape index (κ2) is 4.84. The molecule has 1 atom stereocenters. The molecule has 0 saturated heterocycles. The largest absolute Gasteiger partial charge is 0.486 e. The summed E-state index contributed by atoms with van der Waals surface area (Å²) in [6, 6.07) is 9.91. The van der Waals surface area contributed by atoms with Gasteiger partial charge in [0.2, 0.25) is 5.60 Å². The van der Waals surface area contributed by atoms with Gasteiger partial charge in [-0.1, -0.05) is 30.3 Å². The zero-order valence-electron chi connectivity index (χ0n) is 11.2. The third kappa shape index (κ3) is 1.91. The highest BCUT2D eigenvalue weighted by atomic mass is 19.4. The molecule has 22 heavy (non-hydrogen) atoms. The lowest BCUT2D eigenvalue weighted by Gasteiger charge is -2.28. The summed E-state index contributed by atoms with van der Waals surface area (Å²) in [5.41, 5.74) is -2.94. The van der Waals surface area contributed by atoms with Crippen LogP contribution in [0.4, 0.5) is 13.2 Å². The SMILES string of the molecule is O=CCOc1ccc2c(c1)C(O)(C(F)(F)F)c1ccccc1-2. The molecule has 0 spiro atoms. The Hall–Kier alpha value is -2.34. The number of carbonyl (C=O) groups excluding carboxylic acids is 1. The molecule has 0 heterocycles. The number of hydrogen-bond donors (Lipinski definition) is 1. The number of aliphatic hydroxyl groups is 1. The van der Waals surface area contributed by atoms with Gasteiger partial charge in [0.1, 0.15) is 12.4 Å². The molecule has 0 saturated carbocycles. The fraction of sp³-hybridized carbons (Fsp3) is 0.188. The summed E-state index contributed by atoms with van der Waals surface area (Å²) in [6.45, 7) is -0.268. The number of alkyl halides is 3. The van der Waals surface area contributed by atoms with E-state index in [-0.39, 0.29) is 23.5 Å². The fourth-order valence-corrected chi connectivity index (χ4v) is 2.76. The Bertz CT molecular complexity index is 740. The molecule has 0 amide bonds. The Kier molecular flexibility index (Phi) is 3.21. The van der Waals surface area contributed by atoms with Gasteiger partial charge in [0, 0.05) is 11.1 Å². The van der Waals surface area contributed by atoms with Gasteiger partial charge in [0.15, 0.2) is 6.29 Å². The number of ether oxygens (including phenoxy) is 1. The average Bonchev–Trinajstić information content (AvgIpc) is 2.76. The van der Waals surface area contributed by atoms with E-state index in [1.54, 1.807) is 6.07 Å². The van der Waals surface area contributed by atoms with E-state index in [2.05, 4.69) is 0 Å². The molecule has 3 rings (SSSR count). The molecule has 0 radical (unpaired) electrons. The molecule has 1 aliphatic rings. The van der Waals surface area contributed by atoms with Crippen molar-refractivity contribution in [2.24, 2.45) is 0 Å². The monoisotopic (exact) mass is 308 g/mol. The number of aldehydes is 1. The number of rotatable bonds is 3. The Labute approximate surface area is 124 Å². The van der Waals surface area contributed by atoms with Crippen LogP contribution < -0.4 is 4.74 Å². The maximum atomic E-state index is 13.5. The first kappa shape index (κ1) is 14.6. The Morgan fingerprint density at radius 3 is 2.45 bits per heavy atom. The van der Waals surface area contributed by atoms with Crippen molar-refractivity contribution >= 4 is 6.29 Å². The number of hydrogen-bond acceptors (Lipinski definition) is 3. The van der Waals surface area contributed by atoms with Crippen LogP contribution in [0.25, 0.3) is 11.1 Å². The molecule has 2 aromatic rings. The van der Waals surface area contributed by atoms with Crippen LogP contribution in [0.3, 0.4) is 0 Å². The predicted octanol–water partition coefficient (Wildman–Crippen LogP) is 3.04. The zero-order chi connectivity index (χ0) is 16.0. The van der Waals surface area contributed by atoms with E-state index in [0.717, 1.165) is 6.07 Å². The van der Waals surface area contributed by atoms with E-state index in [0.29, 0.717) is 17.4 Å². The lowest BCUT2D eigenvalue weighted by molar-refractivity contribution is -0.246. The number of fused-ring (bicyclic) bond motifs is 3. The molecular weight excluding hydrogens is 297 g/mol. The number of carbonyl (C=O) groups is 1. The van der Waals surface area contributed by atoms with Crippen molar-refractivity contribution in [1.82, 2.24) is 0 Å². The van der Waals surface area contributed by atoms with Crippen molar-refractivity contribution in [2.45, 2.75) is 11.8 Å². The lowest BCUT2D eigenvalue weighted by Crippen LogP contribution is -2.41. The van der Waals surface area contributed by atoms with Crippen LogP contribution in [0.15, 0.2) is 42.5 Å². The molecule has 6 heteroatoms. The van der Waals surface area contributed by atoms with Crippen LogP contribution in [0, 0.1) is 0 Å². The van der Waals surface area contributed by atoms with Crippen LogP contribution in [0.5, 0.6) is 5.75 Å². The van der Waals surface area contributed by atoms with Crippen molar-refractivity contribution < 1.29 is 27.8 Å². The third-order valence-corrected chi connectivity index (χ3v) is 3.72. The van der Waals surface area contributed by atoms with Gasteiger partial charge in [0.25, 0.3) is 0 Å². The molecule has 2 aromatic carbocycles. The molecule has 0 aliphatic heterocycles. The fourth-order valence-electron chi connectivity index (χ4n) is 2.76. The lowest BCUT2D eigenvalue weighted by atomic mass is 9.91. The smallest absolute Gasteiger partial charge is 0.425 e. The second-order valence-corrected chi connectivity index (χ2v) is 4.94. The maximum absolute atomic E-state index is 13.5. The summed E-state index contributed by atoms with van der Waals surface area (Å²) < 4.78 is 45.7. The van der Waals surface area contributed by atoms with Crippen LogP contribution >= 0.6 is 0 Å². The van der Waals surface area contributed by atoms with E-state index in [1.807, 2.05) is 0 Å². The summed E-state index contributed by atoms with van der Waals surface area (Å²) >= 11 is 0. The van der Waals surface area contributed by atoms with Gasteiger partial charge >= 0.3 is 6.18 Å². The minimum Gasteiger partial charge on any atom is -0.486 e. The highest BCUT2D eigenvalue weighted by molar-refractivity contribution is 5.81. The highest BCUT2D eigenvalue weighted by Gasteiger charge is 2.60. The van der Waals surface area contributed by atoms with E-state index in [4.69, 9.17) is 4.74 Å². The average molecular weight is 308 g/mol. The molecule has 1 aliphatic carbocycles. The normalized spacial score (nSPS) is 19.5. The van der Waals surface area contributed by atoms with Crippen molar-refractivity contribution in [2.75, 3.05) is 6.61 Å². The van der Waals surface area contributed by atoms with Crippen molar-refractivity contribution in [3.63, 3.8) is 0 Å². The highest BCUT2D eigenvalue weighted by Crippen LogP contribution is 2.55. The first-order chi connectivity index (χ1) is 10.4. The van der Waals surface area contributed by atoms with E-state index < -0.39 is 11.8 Å². The van der Waals surface area contributed by atoms with Gasteiger partial charge in [0.05, 0.1) is 0 Å². The molecular formula is C16H11F3O3. The van der Waals surface area contributed by atoms with E-state index in [1.165, 1.54) is 30.3 Å². The zero-order valence-corrected chi connectivity index (χ0v) is 11.2. The number of halogens is 3. The first-order valence-electron chi connectivity index (χ1n) is 6.49. The van der Waals surface area contributed by atoms with Gasteiger partial charge in [-0.3, -0.25) is 4.79 Å². The Morgan fingerprint density at radius 2 is 1.77 bits per heavy atom. The van der Waals surface area contributed by atoms with Crippen LogP contribution in [-0.4, -0.2) is 24.2 Å². The summed E-state index contributed by atoms with van der Waals surface area (Å²) in [5.74, 6) is 0.0985. The van der Waals surface area contributed by atoms with Crippen molar-refractivity contribution in [3.05, 3.63) is 53.6 Å². The molecule has 0 fully saturated rings. The number of benzene rings is 2. The molecule has 3 nitrogen and oxygen atoms in total. The van der Waals surface area contributed by atoms with Gasteiger partial charge in [-0.2, -0.15) is 13.2 Å². The molecule has 1 unspecified atom stereocenters. The second-order valence-electron chi connectivity index (χ2n) is 4.94. The van der Waals surface area contributed by atoms with Crippen LogP contribution in [0.2, 0.25) is 0 Å². The van der Waals surface area contributed by atoms with Gasteiger partial charge in [-0.25, -0.2) is 0 Å². The van der Waals surface area contributed by atoms with E-state index in [9.17, 15) is 23.1 Å². The van der Waals surface area contributed by atoms with Crippen molar-refractivity contribution in [3.8, 4) is 16.9 Å². The first-order valence-corrected chi connectivity index (χ1v) is 6.49. The quantitative estimate of drug-likeness (QED) is 0.887. The third-order valence-electron chi connectivity index (χ3n) is 3.72. The molecule has 114 valence electrons. The van der Waals surface area contributed by atoms with Crippen LogP contribution in [-0.2, 0) is 10.4 Å². The molecule has 1 N–H and O–H groups in total. The Balaban J connectivity index is 2.23. The maximum Gasteiger partial charge on any atom is 0.425 e. The van der Waals surface area contributed by atoms with E-state index >= 15 is 0 Å². The minimum atomic E-state index is -4.88. The topological polar surface area (TPSA) is 46.5 Å². The van der Waals surface area contributed by atoms with Gasteiger partial charge in [-0.15, -0.1) is 0 Å². The minimum absolute atomic E-state index is 0.0985. The van der Waals surface area contributed by atoms with Crippen molar-refractivity contribution in [1.29, 1.82) is 0 Å². The summed E-state index contributed by atoms with van der Waals surface area (Å²) in [4.78, 5) is 10.3. The molecule has 0 bridgehead atoms. The summed E-state index contributed by atoms with van der Waals surface area (Å²) in [6.07, 6.45) is -4.38. The van der Waals surface area contributed by atoms with Gasteiger partial charge in [-0.05, 0) is 23.3 Å². The summed E-state index contributed by atoms with van der Waals surface area (Å²) in [5, 5.41) is 10.4. The predicted molar refractivity (Wildman–Crippen MR) is 72.5 cm³/mol. The van der Waals surface area contributed by atoms with Crippen LogP contribution in [0.1, 0.15) is 11.1 Å². The standard InChI is InChI=1S/C16H11F3O3/c17-16(18,19)15(21)13-4-2-1-3-11(13)12-6-5-10(9-14(12)15)22-8-7-20/h1-7,9,21H,8H2. The Morgan fingerprint density at radius 1 is 1.09 bits per heavy atom. The van der Waals surface area contributed by atoms with Gasteiger partial charge < -0.3 is 9.84 Å². The molecule has 0 aromatic heterocycles. The summed E-state index contributed by atoms with van der Waals surface area (Å²) in [7, 11) is 0.